The number of hydrogen-bond acceptors (Lipinski definition) is 4. The highest BCUT2D eigenvalue weighted by atomic mass is 32.2. The molecule has 0 saturated heterocycles. The number of carbonyl (C=O) groups excluding carboxylic acids is 1. The molecule has 1 amide bonds. The van der Waals surface area contributed by atoms with Gasteiger partial charge in [-0.15, -0.1) is 0 Å². The fourth-order valence-electron chi connectivity index (χ4n) is 5.08. The largest absolute Gasteiger partial charge is 0.495 e. The third-order valence-electron chi connectivity index (χ3n) is 6.68. The number of carbonyl (C=O) groups is 1. The molecule has 0 atom stereocenters. The van der Waals surface area contributed by atoms with Gasteiger partial charge in [-0.2, -0.15) is 0 Å². The van der Waals surface area contributed by atoms with Crippen molar-refractivity contribution in [3.8, 4) is 5.75 Å². The Balaban J connectivity index is 1.57. The minimum absolute atomic E-state index is 0.0795. The van der Waals surface area contributed by atoms with Gasteiger partial charge in [-0.05, 0) is 79.6 Å². The standard InChI is InChI=1S/C27H27FN2O4S/c1-18-15-20-9-5-13-29(26(20)22(28)16-18)27(31)21-11-12-24(34-2)25(17-21)35(32,33)30-14-6-8-19-7-3-4-10-23(19)30/h3-4,7,10-12,15-17H,5-6,8-9,13-14H2,1-2H3. The van der Waals surface area contributed by atoms with E-state index in [1.165, 1.54) is 40.6 Å². The number of rotatable bonds is 4. The maximum absolute atomic E-state index is 14.9. The number of ether oxygens (including phenoxy) is 1. The van der Waals surface area contributed by atoms with E-state index < -0.39 is 21.7 Å². The van der Waals surface area contributed by atoms with Gasteiger partial charge >= 0.3 is 0 Å². The van der Waals surface area contributed by atoms with E-state index in [0.29, 0.717) is 38.0 Å². The van der Waals surface area contributed by atoms with Crippen LogP contribution in [0.4, 0.5) is 15.8 Å². The lowest BCUT2D eigenvalue weighted by Gasteiger charge is -2.32. The first-order valence-corrected chi connectivity index (χ1v) is 13.1. The van der Waals surface area contributed by atoms with Gasteiger partial charge in [0.1, 0.15) is 16.5 Å². The van der Waals surface area contributed by atoms with Crippen molar-refractivity contribution >= 4 is 27.3 Å². The number of halogens is 1. The van der Waals surface area contributed by atoms with Crippen LogP contribution < -0.4 is 13.9 Å². The molecule has 0 saturated carbocycles. The molecule has 0 N–H and O–H groups in total. The van der Waals surface area contributed by atoms with Crippen LogP contribution in [0.2, 0.25) is 0 Å². The van der Waals surface area contributed by atoms with Gasteiger partial charge in [0, 0.05) is 18.7 Å². The first-order chi connectivity index (χ1) is 16.8. The lowest BCUT2D eigenvalue weighted by molar-refractivity contribution is 0.0984. The van der Waals surface area contributed by atoms with Crippen LogP contribution in [0.3, 0.4) is 0 Å². The van der Waals surface area contributed by atoms with Gasteiger partial charge in [-0.25, -0.2) is 12.8 Å². The number of para-hydroxylation sites is 1. The molecule has 0 spiro atoms. The summed E-state index contributed by atoms with van der Waals surface area (Å²) in [5.41, 5.74) is 3.63. The molecule has 5 rings (SSSR count). The minimum Gasteiger partial charge on any atom is -0.495 e. The topological polar surface area (TPSA) is 66.9 Å². The molecule has 35 heavy (non-hydrogen) atoms. The van der Waals surface area contributed by atoms with Gasteiger partial charge < -0.3 is 9.64 Å². The Morgan fingerprint density at radius 3 is 2.51 bits per heavy atom. The number of amides is 1. The van der Waals surface area contributed by atoms with E-state index in [1.54, 1.807) is 6.07 Å². The summed E-state index contributed by atoms with van der Waals surface area (Å²) < 4.78 is 49.4. The minimum atomic E-state index is -4.02. The molecule has 3 aromatic rings. The normalized spacial score (nSPS) is 15.4. The molecule has 182 valence electrons. The molecule has 0 unspecified atom stereocenters. The zero-order valence-electron chi connectivity index (χ0n) is 19.8. The molecule has 0 radical (unpaired) electrons. The van der Waals surface area contributed by atoms with Crippen molar-refractivity contribution < 1.29 is 22.3 Å². The number of benzene rings is 3. The Kier molecular flexibility index (Phi) is 6.01. The molecule has 2 heterocycles. The van der Waals surface area contributed by atoms with Crippen LogP contribution in [0.5, 0.6) is 5.75 Å². The van der Waals surface area contributed by atoms with Crippen LogP contribution in [0.1, 0.15) is 39.9 Å². The maximum atomic E-state index is 14.9. The second kappa shape index (κ2) is 9.00. The lowest BCUT2D eigenvalue weighted by Crippen LogP contribution is -2.37. The van der Waals surface area contributed by atoms with Gasteiger partial charge in [0.05, 0.1) is 18.5 Å². The number of nitrogens with zero attached hydrogens (tertiary/aromatic N) is 2. The molecule has 2 aliphatic heterocycles. The van der Waals surface area contributed by atoms with Crippen molar-refractivity contribution in [3.05, 3.63) is 82.7 Å². The van der Waals surface area contributed by atoms with Crippen molar-refractivity contribution in [3.63, 3.8) is 0 Å². The number of anilines is 2. The van der Waals surface area contributed by atoms with Crippen LogP contribution in [-0.4, -0.2) is 34.5 Å². The zero-order chi connectivity index (χ0) is 24.7. The number of sulfonamides is 1. The third kappa shape index (κ3) is 4.05. The van der Waals surface area contributed by atoms with Gasteiger partial charge in [-0.3, -0.25) is 9.10 Å². The van der Waals surface area contributed by atoms with E-state index in [1.807, 2.05) is 31.2 Å². The molecule has 0 bridgehead atoms. The lowest BCUT2D eigenvalue weighted by atomic mass is 9.98. The maximum Gasteiger partial charge on any atom is 0.268 e. The summed E-state index contributed by atoms with van der Waals surface area (Å²) in [4.78, 5) is 14.9. The molecule has 8 heteroatoms. The first kappa shape index (κ1) is 23.4. The molecular weight excluding hydrogens is 467 g/mol. The number of aryl methyl sites for hydroxylation is 3. The summed E-state index contributed by atoms with van der Waals surface area (Å²) in [5, 5.41) is 0. The van der Waals surface area contributed by atoms with Crippen LogP contribution in [0.25, 0.3) is 0 Å². The average molecular weight is 495 g/mol. The van der Waals surface area contributed by atoms with E-state index in [4.69, 9.17) is 4.74 Å². The first-order valence-electron chi connectivity index (χ1n) is 11.7. The van der Waals surface area contributed by atoms with Crippen LogP contribution in [0.15, 0.2) is 59.5 Å². The fraction of sp³-hybridized carbons (Fsp3) is 0.296. The summed E-state index contributed by atoms with van der Waals surface area (Å²) in [6.45, 7) is 2.52. The quantitative estimate of drug-likeness (QED) is 0.519. The van der Waals surface area contributed by atoms with E-state index in [-0.39, 0.29) is 21.9 Å². The molecule has 0 fully saturated rings. The highest BCUT2D eigenvalue weighted by molar-refractivity contribution is 7.93. The summed E-state index contributed by atoms with van der Waals surface area (Å²) in [6, 6.07) is 15.1. The van der Waals surface area contributed by atoms with Gasteiger partial charge in [0.2, 0.25) is 0 Å². The molecular formula is C27H27FN2O4S. The van der Waals surface area contributed by atoms with Crippen molar-refractivity contribution in [1.82, 2.24) is 0 Å². The van der Waals surface area contributed by atoms with Crippen molar-refractivity contribution in [1.29, 1.82) is 0 Å². The zero-order valence-corrected chi connectivity index (χ0v) is 20.6. The molecule has 2 aliphatic rings. The highest BCUT2D eigenvalue weighted by Crippen LogP contribution is 2.37. The second-order valence-corrected chi connectivity index (χ2v) is 10.8. The van der Waals surface area contributed by atoms with E-state index in [9.17, 15) is 17.6 Å². The summed E-state index contributed by atoms with van der Waals surface area (Å²) in [6.07, 6.45) is 2.89. The Hall–Kier alpha value is -3.39. The summed E-state index contributed by atoms with van der Waals surface area (Å²) in [7, 11) is -2.61. The monoisotopic (exact) mass is 494 g/mol. The van der Waals surface area contributed by atoms with Crippen LogP contribution in [-0.2, 0) is 22.9 Å². The predicted octanol–water partition coefficient (Wildman–Crippen LogP) is 4.88. The molecule has 6 nitrogen and oxygen atoms in total. The average Bonchev–Trinajstić information content (AvgIpc) is 2.87. The Morgan fingerprint density at radius 1 is 0.971 bits per heavy atom. The fourth-order valence-corrected chi connectivity index (χ4v) is 6.80. The van der Waals surface area contributed by atoms with Gasteiger partial charge in [0.15, 0.2) is 0 Å². The highest BCUT2D eigenvalue weighted by Gasteiger charge is 2.33. The second-order valence-electron chi connectivity index (χ2n) is 8.99. The summed E-state index contributed by atoms with van der Waals surface area (Å²) >= 11 is 0. The molecule has 0 aliphatic carbocycles. The van der Waals surface area contributed by atoms with Gasteiger partial charge in [0.25, 0.3) is 15.9 Å². The van der Waals surface area contributed by atoms with Crippen molar-refractivity contribution in [2.45, 2.75) is 37.5 Å². The van der Waals surface area contributed by atoms with Crippen molar-refractivity contribution in [2.75, 3.05) is 29.4 Å². The van der Waals surface area contributed by atoms with E-state index in [2.05, 4.69) is 0 Å². The van der Waals surface area contributed by atoms with E-state index >= 15 is 0 Å². The number of hydrogen-bond donors (Lipinski definition) is 0. The number of methoxy groups -OCH3 is 1. The molecule has 3 aromatic carbocycles. The van der Waals surface area contributed by atoms with Crippen LogP contribution >= 0.6 is 0 Å². The van der Waals surface area contributed by atoms with Crippen LogP contribution in [0, 0.1) is 12.7 Å². The SMILES string of the molecule is COc1ccc(C(=O)N2CCCc3cc(C)cc(F)c32)cc1S(=O)(=O)N1CCCc2ccccc21. The summed E-state index contributed by atoms with van der Waals surface area (Å²) in [5.74, 6) is -0.725. The number of fused-ring (bicyclic) bond motifs is 2. The third-order valence-corrected chi connectivity index (χ3v) is 8.51. The van der Waals surface area contributed by atoms with Gasteiger partial charge in [-0.1, -0.05) is 24.3 Å². The predicted molar refractivity (Wildman–Crippen MR) is 133 cm³/mol. The molecule has 0 aromatic heterocycles. The Morgan fingerprint density at radius 2 is 1.71 bits per heavy atom. The Labute approximate surface area is 205 Å². The van der Waals surface area contributed by atoms with Crippen molar-refractivity contribution in [2.24, 2.45) is 0 Å². The smallest absolute Gasteiger partial charge is 0.268 e. The van der Waals surface area contributed by atoms with E-state index in [0.717, 1.165) is 23.1 Å². The Bertz CT molecular complexity index is 1420.